The fourth-order valence-corrected chi connectivity index (χ4v) is 8.81. The van der Waals surface area contributed by atoms with Gasteiger partial charge in [0.15, 0.2) is 0 Å². The second-order valence-electron chi connectivity index (χ2n) is 9.81. The Hall–Kier alpha value is -2.26. The van der Waals surface area contributed by atoms with E-state index in [2.05, 4.69) is 36.3 Å². The van der Waals surface area contributed by atoms with Crippen LogP contribution in [0.25, 0.3) is 0 Å². The zero-order chi connectivity index (χ0) is 25.3. The molecule has 0 aromatic heterocycles. The molecule has 3 aliphatic heterocycles. The maximum absolute atomic E-state index is 13.8. The van der Waals surface area contributed by atoms with Crippen molar-refractivity contribution in [2.75, 3.05) is 43.0 Å². The Morgan fingerprint density at radius 3 is 2.46 bits per heavy atom. The molecule has 2 bridgehead atoms. The maximum atomic E-state index is 13.8. The van der Waals surface area contributed by atoms with Crippen molar-refractivity contribution in [1.82, 2.24) is 10.2 Å². The van der Waals surface area contributed by atoms with E-state index in [0.29, 0.717) is 12.2 Å². The number of aliphatic hydroxyl groups is 1. The molecule has 6 atom stereocenters. The Bertz CT molecular complexity index is 953. The number of hydrogen-bond donors (Lipinski definition) is 3. The molecular formula is C26H38N4O4S. The fraction of sp³-hybridized carbons (Fsp3) is 0.654. The van der Waals surface area contributed by atoms with Gasteiger partial charge in [-0.2, -0.15) is 0 Å². The van der Waals surface area contributed by atoms with E-state index in [1.54, 1.807) is 11.8 Å². The zero-order valence-corrected chi connectivity index (χ0v) is 21.9. The molecule has 3 aliphatic rings. The minimum absolute atomic E-state index is 0.0238. The van der Waals surface area contributed by atoms with Crippen LogP contribution < -0.4 is 15.5 Å². The van der Waals surface area contributed by atoms with Gasteiger partial charge in [-0.05, 0) is 56.9 Å². The lowest BCUT2D eigenvalue weighted by molar-refractivity contribution is -0.139. The first-order valence-electron chi connectivity index (χ1n) is 12.9. The molecule has 3 heterocycles. The van der Waals surface area contributed by atoms with Gasteiger partial charge in [-0.15, -0.1) is 11.8 Å². The molecule has 3 fully saturated rings. The Kier molecular flexibility index (Phi) is 7.66. The van der Waals surface area contributed by atoms with Crippen molar-refractivity contribution < 1.29 is 19.5 Å². The number of rotatable bonds is 10. The molecule has 0 radical (unpaired) electrons. The molecule has 1 aromatic rings. The van der Waals surface area contributed by atoms with Crippen LogP contribution in [0, 0.1) is 17.8 Å². The number of hydrogen-bond acceptors (Lipinski definition) is 6. The lowest BCUT2D eigenvalue weighted by Crippen LogP contribution is -2.55. The molecule has 35 heavy (non-hydrogen) atoms. The van der Waals surface area contributed by atoms with Crippen LogP contribution in [0.4, 0.5) is 11.4 Å². The summed E-state index contributed by atoms with van der Waals surface area (Å²) in [6.07, 6.45) is 1.62. The first-order chi connectivity index (χ1) is 16.8. The number of fused-ring (bicyclic) bond motifs is 1. The van der Waals surface area contributed by atoms with Crippen molar-refractivity contribution in [2.24, 2.45) is 17.8 Å². The van der Waals surface area contributed by atoms with Gasteiger partial charge in [0.1, 0.15) is 6.04 Å². The predicted octanol–water partition coefficient (Wildman–Crippen LogP) is 2.33. The third-order valence-electron chi connectivity index (χ3n) is 7.95. The number of nitrogens with one attached hydrogen (secondary N) is 2. The van der Waals surface area contributed by atoms with Gasteiger partial charge >= 0.3 is 0 Å². The summed E-state index contributed by atoms with van der Waals surface area (Å²) in [4.78, 5) is 44.3. The number of nitrogens with zero attached hydrogens (tertiary/aromatic N) is 2. The Morgan fingerprint density at radius 1 is 1.17 bits per heavy atom. The number of thioether (sulfide) groups is 1. The van der Waals surface area contributed by atoms with Crippen molar-refractivity contribution in [1.29, 1.82) is 0 Å². The second-order valence-corrected chi connectivity index (χ2v) is 11.4. The highest BCUT2D eigenvalue weighted by atomic mass is 32.2. The molecule has 192 valence electrons. The van der Waals surface area contributed by atoms with Crippen LogP contribution in [0.3, 0.4) is 0 Å². The van der Waals surface area contributed by atoms with Crippen LogP contribution in [-0.2, 0) is 14.4 Å². The summed E-state index contributed by atoms with van der Waals surface area (Å²) in [6.45, 7) is 10.5. The van der Waals surface area contributed by atoms with Gasteiger partial charge in [0.2, 0.25) is 17.7 Å². The summed E-state index contributed by atoms with van der Waals surface area (Å²) >= 11 is 1.65. The molecule has 3 N–H and O–H groups in total. The SMILES string of the molecule is CCCNC(=O)[C@@H]1[C@@H]2CC(C)C3(S2)C(C(=O)Nc2ccc(N(CC)CC)cc2)N(CCO)C(=O)[C@H]13. The van der Waals surface area contributed by atoms with E-state index in [-0.39, 0.29) is 42.0 Å². The third-order valence-corrected chi connectivity index (χ3v) is 10.0. The molecule has 1 spiro atoms. The molecule has 1 aromatic carbocycles. The Balaban J connectivity index is 1.62. The third kappa shape index (κ3) is 4.20. The molecule has 3 saturated heterocycles. The number of β-amino-alcohol motifs (C(OH)–C–C–N with tert-alkyl or cyclic N) is 1. The van der Waals surface area contributed by atoms with Crippen LogP contribution in [0.15, 0.2) is 24.3 Å². The average molecular weight is 503 g/mol. The van der Waals surface area contributed by atoms with Crippen LogP contribution in [0.2, 0.25) is 0 Å². The van der Waals surface area contributed by atoms with Crippen molar-refractivity contribution in [3.8, 4) is 0 Å². The summed E-state index contributed by atoms with van der Waals surface area (Å²) in [6, 6.07) is 7.02. The van der Waals surface area contributed by atoms with Gasteiger partial charge in [0.25, 0.3) is 0 Å². The summed E-state index contributed by atoms with van der Waals surface area (Å²) in [7, 11) is 0. The summed E-state index contributed by atoms with van der Waals surface area (Å²) in [5.41, 5.74) is 1.76. The maximum Gasteiger partial charge on any atom is 0.248 e. The Morgan fingerprint density at radius 2 is 1.86 bits per heavy atom. The highest BCUT2D eigenvalue weighted by molar-refractivity contribution is 8.02. The summed E-state index contributed by atoms with van der Waals surface area (Å²) < 4.78 is -0.670. The monoisotopic (exact) mass is 502 g/mol. The van der Waals surface area contributed by atoms with Gasteiger partial charge in [-0.3, -0.25) is 14.4 Å². The predicted molar refractivity (Wildman–Crippen MR) is 139 cm³/mol. The van der Waals surface area contributed by atoms with Gasteiger partial charge in [0.05, 0.1) is 23.2 Å². The number of benzene rings is 1. The zero-order valence-electron chi connectivity index (χ0n) is 21.1. The van der Waals surface area contributed by atoms with Crippen LogP contribution >= 0.6 is 11.8 Å². The molecule has 3 amide bonds. The van der Waals surface area contributed by atoms with Crippen LogP contribution in [0.5, 0.6) is 0 Å². The van der Waals surface area contributed by atoms with Gasteiger partial charge in [-0.1, -0.05) is 13.8 Å². The van der Waals surface area contributed by atoms with Crippen LogP contribution in [-0.4, -0.2) is 76.6 Å². The van der Waals surface area contributed by atoms with Gasteiger partial charge in [0, 0.05) is 42.8 Å². The van der Waals surface area contributed by atoms with E-state index in [9.17, 15) is 19.5 Å². The van der Waals surface area contributed by atoms with E-state index in [0.717, 1.165) is 31.6 Å². The number of carbonyl (C=O) groups is 3. The lowest BCUT2D eigenvalue weighted by atomic mass is 9.66. The molecule has 3 unspecified atom stereocenters. The van der Waals surface area contributed by atoms with E-state index in [4.69, 9.17) is 0 Å². The van der Waals surface area contributed by atoms with Crippen molar-refractivity contribution in [2.45, 2.75) is 56.6 Å². The number of aliphatic hydroxyl groups excluding tert-OH is 1. The highest BCUT2D eigenvalue weighted by Gasteiger charge is 2.75. The van der Waals surface area contributed by atoms with E-state index < -0.39 is 22.6 Å². The smallest absolute Gasteiger partial charge is 0.248 e. The van der Waals surface area contributed by atoms with Gasteiger partial charge in [-0.25, -0.2) is 0 Å². The molecule has 0 saturated carbocycles. The Labute approximate surface area is 212 Å². The minimum atomic E-state index is -0.733. The standard InChI is InChI=1S/C26H38N4O4S/c1-5-12-27-23(32)20-19-15-16(4)26(35-19)21(20)25(34)30(13-14-31)22(26)24(33)28-17-8-10-18(11-9-17)29(6-2)7-3/h8-11,16,19-22,31H,5-7,12-15H2,1-4H3,(H,27,32)(H,28,33)/t16?,19-,20+,21-,22?,26?/m0/s1. The fourth-order valence-electron chi connectivity index (χ4n) is 6.39. The molecule has 8 nitrogen and oxygen atoms in total. The number of carbonyl (C=O) groups excluding carboxylic acids is 3. The van der Waals surface area contributed by atoms with Crippen molar-refractivity contribution in [3.05, 3.63) is 24.3 Å². The minimum Gasteiger partial charge on any atom is -0.395 e. The topological polar surface area (TPSA) is 102 Å². The lowest BCUT2D eigenvalue weighted by Gasteiger charge is -2.38. The largest absolute Gasteiger partial charge is 0.395 e. The average Bonchev–Trinajstić information content (AvgIpc) is 3.43. The molecule has 0 aliphatic carbocycles. The number of anilines is 2. The quantitative estimate of drug-likeness (QED) is 0.454. The molecular weight excluding hydrogens is 464 g/mol. The first-order valence-corrected chi connectivity index (χ1v) is 13.7. The van der Waals surface area contributed by atoms with E-state index in [1.165, 1.54) is 4.90 Å². The molecule has 4 rings (SSSR count). The summed E-state index contributed by atoms with van der Waals surface area (Å²) in [5.74, 6) is -1.42. The van der Waals surface area contributed by atoms with Crippen molar-refractivity contribution >= 4 is 40.9 Å². The summed E-state index contributed by atoms with van der Waals surface area (Å²) in [5, 5.41) is 15.8. The second kappa shape index (κ2) is 10.4. The first kappa shape index (κ1) is 25.8. The normalized spacial score (nSPS) is 30.9. The van der Waals surface area contributed by atoms with Crippen molar-refractivity contribution in [3.63, 3.8) is 0 Å². The van der Waals surface area contributed by atoms with Crippen LogP contribution in [0.1, 0.15) is 40.5 Å². The van der Waals surface area contributed by atoms with E-state index in [1.807, 2.05) is 31.2 Å². The number of likely N-dealkylation sites (tertiary alicyclic amines) is 1. The molecule has 9 heteroatoms. The number of amides is 3. The van der Waals surface area contributed by atoms with Gasteiger partial charge < -0.3 is 25.5 Å². The van der Waals surface area contributed by atoms with E-state index >= 15 is 0 Å². The highest BCUT2D eigenvalue weighted by Crippen LogP contribution is 2.68.